The van der Waals surface area contributed by atoms with Crippen molar-refractivity contribution in [3.8, 4) is 11.4 Å². The summed E-state index contributed by atoms with van der Waals surface area (Å²) < 4.78 is 13.2. The van der Waals surface area contributed by atoms with Gasteiger partial charge in [0, 0.05) is 11.5 Å². The van der Waals surface area contributed by atoms with Gasteiger partial charge in [0.25, 0.3) is 0 Å². The van der Waals surface area contributed by atoms with Gasteiger partial charge in [0.15, 0.2) is 5.82 Å². The molecule has 2 aromatic rings. The summed E-state index contributed by atoms with van der Waals surface area (Å²) in [6.07, 6.45) is 1.01. The third-order valence-corrected chi connectivity index (χ3v) is 3.00. The predicted molar refractivity (Wildman–Crippen MR) is 65.2 cm³/mol. The topological polar surface area (TPSA) is 41.6 Å². The molecule has 4 heteroatoms. The zero-order chi connectivity index (χ0) is 12.4. The monoisotopic (exact) mass is 233 g/mol. The Kier molecular flexibility index (Phi) is 3.22. The van der Waals surface area contributed by atoms with E-state index in [0.717, 1.165) is 17.8 Å². The van der Waals surface area contributed by atoms with Crippen LogP contribution in [-0.4, -0.2) is 15.2 Å². The fourth-order valence-corrected chi connectivity index (χ4v) is 1.60. The van der Waals surface area contributed by atoms with E-state index in [1.54, 1.807) is 19.1 Å². The van der Waals surface area contributed by atoms with Gasteiger partial charge in [-0.1, -0.05) is 13.8 Å². The number of nitrogens with zero attached hydrogens (tertiary/aromatic N) is 2. The summed E-state index contributed by atoms with van der Waals surface area (Å²) in [4.78, 5) is 4.43. The summed E-state index contributed by atoms with van der Waals surface area (Å²) in [5.41, 5.74) is 1.45. The highest BCUT2D eigenvalue weighted by Crippen LogP contribution is 2.21. The van der Waals surface area contributed by atoms with Crippen LogP contribution in [0.15, 0.2) is 18.2 Å². The van der Waals surface area contributed by atoms with Crippen LogP contribution < -0.4 is 0 Å². The number of halogens is 1. The van der Waals surface area contributed by atoms with Crippen LogP contribution in [0.4, 0.5) is 4.39 Å². The second kappa shape index (κ2) is 4.65. The average Bonchev–Trinajstić information content (AvgIpc) is 2.81. The van der Waals surface area contributed by atoms with Crippen molar-refractivity contribution >= 4 is 0 Å². The van der Waals surface area contributed by atoms with Crippen LogP contribution in [0.1, 0.15) is 37.6 Å². The van der Waals surface area contributed by atoms with Gasteiger partial charge in [-0.25, -0.2) is 9.37 Å². The largest absolute Gasteiger partial charge is 0.262 e. The minimum Gasteiger partial charge on any atom is -0.262 e. The first-order chi connectivity index (χ1) is 8.11. The van der Waals surface area contributed by atoms with Crippen molar-refractivity contribution in [3.63, 3.8) is 0 Å². The number of rotatable bonds is 3. The molecule has 0 fully saturated rings. The van der Waals surface area contributed by atoms with Gasteiger partial charge in [0.05, 0.1) is 0 Å². The second-order valence-corrected chi connectivity index (χ2v) is 4.32. The number of nitrogens with one attached hydrogen (secondary N) is 1. The summed E-state index contributed by atoms with van der Waals surface area (Å²) in [6.45, 7) is 5.94. The van der Waals surface area contributed by atoms with Crippen molar-refractivity contribution in [2.45, 2.75) is 33.1 Å². The minimum atomic E-state index is -0.202. The molecular formula is C13H16FN3. The molecule has 0 saturated carbocycles. The number of benzene rings is 1. The fourth-order valence-electron chi connectivity index (χ4n) is 1.60. The molecule has 0 amide bonds. The molecule has 0 radical (unpaired) electrons. The second-order valence-electron chi connectivity index (χ2n) is 4.32. The van der Waals surface area contributed by atoms with Gasteiger partial charge in [-0.2, -0.15) is 5.10 Å². The van der Waals surface area contributed by atoms with Crippen LogP contribution in [0.25, 0.3) is 11.4 Å². The van der Waals surface area contributed by atoms with E-state index in [1.807, 2.05) is 0 Å². The number of aromatic amines is 1. The molecule has 1 atom stereocenters. The van der Waals surface area contributed by atoms with E-state index in [4.69, 9.17) is 0 Å². The van der Waals surface area contributed by atoms with Gasteiger partial charge in [-0.15, -0.1) is 0 Å². The summed E-state index contributed by atoms with van der Waals surface area (Å²) in [6, 6.07) is 4.91. The Balaban J connectivity index is 2.33. The van der Waals surface area contributed by atoms with E-state index in [1.165, 1.54) is 6.07 Å². The van der Waals surface area contributed by atoms with Crippen LogP contribution in [-0.2, 0) is 0 Å². The highest BCUT2D eigenvalue weighted by atomic mass is 19.1. The van der Waals surface area contributed by atoms with Crippen molar-refractivity contribution in [3.05, 3.63) is 35.4 Å². The molecule has 1 aromatic carbocycles. The maximum Gasteiger partial charge on any atom is 0.181 e. The Morgan fingerprint density at radius 1 is 1.41 bits per heavy atom. The summed E-state index contributed by atoms with van der Waals surface area (Å²) in [7, 11) is 0. The molecule has 3 nitrogen and oxygen atoms in total. The molecule has 1 aromatic heterocycles. The van der Waals surface area contributed by atoms with Gasteiger partial charge >= 0.3 is 0 Å². The van der Waals surface area contributed by atoms with E-state index in [2.05, 4.69) is 29.0 Å². The number of H-pyrrole nitrogens is 1. The van der Waals surface area contributed by atoms with Gasteiger partial charge in [-0.3, -0.25) is 5.10 Å². The summed E-state index contributed by atoms with van der Waals surface area (Å²) in [5, 5.41) is 7.10. The maximum atomic E-state index is 13.2. The van der Waals surface area contributed by atoms with Crippen molar-refractivity contribution in [1.29, 1.82) is 0 Å². The molecule has 90 valence electrons. The molecule has 0 bridgehead atoms. The molecule has 0 aliphatic carbocycles. The molecule has 1 N–H and O–H groups in total. The maximum absolute atomic E-state index is 13.2. The normalized spacial score (nSPS) is 12.7. The molecule has 1 heterocycles. The van der Waals surface area contributed by atoms with Crippen LogP contribution in [0.3, 0.4) is 0 Å². The first-order valence-corrected chi connectivity index (χ1v) is 5.80. The van der Waals surface area contributed by atoms with E-state index < -0.39 is 0 Å². The van der Waals surface area contributed by atoms with E-state index in [0.29, 0.717) is 17.3 Å². The Bertz CT molecular complexity index is 519. The van der Waals surface area contributed by atoms with Gasteiger partial charge in [0.2, 0.25) is 0 Å². The lowest BCUT2D eigenvalue weighted by atomic mass is 10.1. The Hall–Kier alpha value is -1.71. The van der Waals surface area contributed by atoms with E-state index in [9.17, 15) is 4.39 Å². The minimum absolute atomic E-state index is 0.202. The van der Waals surface area contributed by atoms with Crippen molar-refractivity contribution in [2.24, 2.45) is 0 Å². The van der Waals surface area contributed by atoms with Gasteiger partial charge in [-0.05, 0) is 37.1 Å². The molecular weight excluding hydrogens is 217 g/mol. The molecule has 0 saturated heterocycles. The molecule has 0 aliphatic rings. The number of aryl methyl sites for hydroxylation is 1. The smallest absolute Gasteiger partial charge is 0.181 e. The molecule has 0 spiro atoms. The number of aromatic nitrogens is 3. The van der Waals surface area contributed by atoms with Gasteiger partial charge < -0.3 is 0 Å². The van der Waals surface area contributed by atoms with Gasteiger partial charge in [0.1, 0.15) is 11.6 Å². The zero-order valence-electron chi connectivity index (χ0n) is 10.3. The predicted octanol–water partition coefficient (Wildman–Crippen LogP) is 3.43. The molecule has 2 rings (SSSR count). The van der Waals surface area contributed by atoms with Crippen LogP contribution in [0.2, 0.25) is 0 Å². The fraction of sp³-hybridized carbons (Fsp3) is 0.385. The van der Waals surface area contributed by atoms with E-state index in [-0.39, 0.29) is 5.82 Å². The average molecular weight is 233 g/mol. The van der Waals surface area contributed by atoms with E-state index >= 15 is 0 Å². The van der Waals surface area contributed by atoms with Crippen molar-refractivity contribution in [1.82, 2.24) is 15.2 Å². The zero-order valence-corrected chi connectivity index (χ0v) is 10.3. The van der Waals surface area contributed by atoms with Crippen LogP contribution in [0.5, 0.6) is 0 Å². The first kappa shape index (κ1) is 11.8. The lowest BCUT2D eigenvalue weighted by molar-refractivity contribution is 0.618. The molecule has 0 aliphatic heterocycles. The quantitative estimate of drug-likeness (QED) is 0.882. The van der Waals surface area contributed by atoms with Crippen molar-refractivity contribution in [2.75, 3.05) is 0 Å². The third kappa shape index (κ3) is 2.35. The Morgan fingerprint density at radius 2 is 2.18 bits per heavy atom. The standard InChI is InChI=1S/C13H16FN3/c1-4-8(2)12-15-13(17-16-12)10-5-6-11(14)9(3)7-10/h5-8H,4H2,1-3H3,(H,15,16,17). The number of hydrogen-bond acceptors (Lipinski definition) is 2. The lowest BCUT2D eigenvalue weighted by Crippen LogP contribution is -1.93. The third-order valence-electron chi connectivity index (χ3n) is 3.00. The SMILES string of the molecule is CCC(C)c1nc(-c2ccc(F)c(C)c2)n[nH]1. The summed E-state index contributed by atoms with van der Waals surface area (Å²) >= 11 is 0. The highest BCUT2D eigenvalue weighted by molar-refractivity contribution is 5.55. The summed E-state index contributed by atoms with van der Waals surface area (Å²) in [5.74, 6) is 1.66. The first-order valence-electron chi connectivity index (χ1n) is 5.80. The molecule has 17 heavy (non-hydrogen) atoms. The Labute approximate surface area is 100 Å². The van der Waals surface area contributed by atoms with Crippen LogP contribution >= 0.6 is 0 Å². The van der Waals surface area contributed by atoms with Crippen LogP contribution in [0, 0.1) is 12.7 Å². The lowest BCUT2D eigenvalue weighted by Gasteiger charge is -2.01. The highest BCUT2D eigenvalue weighted by Gasteiger charge is 2.11. The number of hydrogen-bond donors (Lipinski definition) is 1. The van der Waals surface area contributed by atoms with Crippen molar-refractivity contribution < 1.29 is 4.39 Å². The molecule has 1 unspecified atom stereocenters. The Morgan fingerprint density at radius 3 is 2.82 bits per heavy atom.